The van der Waals surface area contributed by atoms with Gasteiger partial charge < -0.3 is 14.4 Å². The van der Waals surface area contributed by atoms with Crippen molar-refractivity contribution in [1.29, 1.82) is 0 Å². The first-order chi connectivity index (χ1) is 7.63. The molecule has 1 aromatic carbocycles. The molecule has 0 bridgehead atoms. The number of ether oxygens (including phenoxy) is 2. The molecule has 0 aliphatic carbocycles. The van der Waals surface area contributed by atoms with Crippen LogP contribution in [0.5, 0.6) is 11.5 Å². The van der Waals surface area contributed by atoms with Crippen LogP contribution in [0.3, 0.4) is 0 Å². The van der Waals surface area contributed by atoms with Crippen LogP contribution in [0.4, 0.5) is 0 Å². The first-order valence-electron chi connectivity index (χ1n) is 4.89. The van der Waals surface area contributed by atoms with Crippen molar-refractivity contribution in [3.63, 3.8) is 0 Å². The van der Waals surface area contributed by atoms with Gasteiger partial charge in [-0.15, -0.1) is 0 Å². The minimum atomic E-state index is -0.0432. The number of methoxy groups -OCH3 is 1. The molecule has 0 N–H and O–H groups in total. The standard InChI is InChI=1S/C11H12BrNO3/c1-13-3-4-16-9-6-8(12)10(15-2)5-7(9)11(13)14/h5-6H,3-4H2,1-2H3. The molecular formula is C11H12BrNO3. The Morgan fingerprint density at radius 1 is 1.50 bits per heavy atom. The van der Waals surface area contributed by atoms with Crippen LogP contribution in [0.15, 0.2) is 16.6 Å². The van der Waals surface area contributed by atoms with E-state index in [9.17, 15) is 4.79 Å². The number of rotatable bonds is 1. The average molecular weight is 286 g/mol. The van der Waals surface area contributed by atoms with Crippen LogP contribution in [0.25, 0.3) is 0 Å². The molecule has 0 fully saturated rings. The van der Waals surface area contributed by atoms with Crippen LogP contribution in [-0.2, 0) is 0 Å². The van der Waals surface area contributed by atoms with Crippen LogP contribution in [0, 0.1) is 0 Å². The summed E-state index contributed by atoms with van der Waals surface area (Å²) in [6.45, 7) is 1.10. The number of likely N-dealkylation sites (N-methyl/N-ethyl adjacent to an activating group) is 1. The van der Waals surface area contributed by atoms with Crippen molar-refractivity contribution in [3.05, 3.63) is 22.2 Å². The summed E-state index contributed by atoms with van der Waals surface area (Å²) in [7, 11) is 3.33. The van der Waals surface area contributed by atoms with Gasteiger partial charge in [-0.05, 0) is 28.1 Å². The van der Waals surface area contributed by atoms with Gasteiger partial charge in [0.15, 0.2) is 0 Å². The number of nitrogens with zero attached hydrogens (tertiary/aromatic N) is 1. The fourth-order valence-electron chi connectivity index (χ4n) is 1.58. The van der Waals surface area contributed by atoms with Crippen LogP contribution in [-0.4, -0.2) is 38.1 Å². The van der Waals surface area contributed by atoms with E-state index in [0.29, 0.717) is 30.2 Å². The first kappa shape index (κ1) is 11.3. The Balaban J connectivity index is 2.53. The molecule has 0 atom stereocenters. The monoisotopic (exact) mass is 285 g/mol. The zero-order chi connectivity index (χ0) is 11.7. The molecular weight excluding hydrogens is 274 g/mol. The summed E-state index contributed by atoms with van der Waals surface area (Å²) in [6.07, 6.45) is 0. The second-order valence-corrected chi connectivity index (χ2v) is 4.41. The van der Waals surface area contributed by atoms with Crippen molar-refractivity contribution in [3.8, 4) is 11.5 Å². The fourth-order valence-corrected chi connectivity index (χ4v) is 2.06. The highest BCUT2D eigenvalue weighted by molar-refractivity contribution is 9.10. The summed E-state index contributed by atoms with van der Waals surface area (Å²) in [5, 5.41) is 0. The molecule has 5 heteroatoms. The van der Waals surface area contributed by atoms with Crippen molar-refractivity contribution in [2.45, 2.75) is 0 Å². The zero-order valence-corrected chi connectivity index (χ0v) is 10.7. The van der Waals surface area contributed by atoms with E-state index in [1.54, 1.807) is 31.2 Å². The lowest BCUT2D eigenvalue weighted by molar-refractivity contribution is 0.0796. The normalized spacial score (nSPS) is 15.2. The SMILES string of the molecule is COc1cc2c(cc1Br)OCCN(C)C2=O. The molecule has 0 aromatic heterocycles. The molecule has 2 rings (SSSR count). The molecule has 86 valence electrons. The van der Waals surface area contributed by atoms with Crippen molar-refractivity contribution < 1.29 is 14.3 Å². The van der Waals surface area contributed by atoms with E-state index >= 15 is 0 Å². The van der Waals surface area contributed by atoms with Gasteiger partial charge in [0.2, 0.25) is 0 Å². The minimum absolute atomic E-state index is 0.0432. The lowest BCUT2D eigenvalue weighted by atomic mass is 10.1. The Bertz CT molecular complexity index is 433. The van der Waals surface area contributed by atoms with Crippen molar-refractivity contribution >= 4 is 21.8 Å². The van der Waals surface area contributed by atoms with Crippen molar-refractivity contribution in [1.82, 2.24) is 4.90 Å². The van der Waals surface area contributed by atoms with Crippen LogP contribution >= 0.6 is 15.9 Å². The molecule has 0 unspecified atom stereocenters. The van der Waals surface area contributed by atoms with Crippen LogP contribution in [0.1, 0.15) is 10.4 Å². The molecule has 0 saturated carbocycles. The Kier molecular flexibility index (Phi) is 3.05. The number of hydrogen-bond donors (Lipinski definition) is 0. The second-order valence-electron chi connectivity index (χ2n) is 3.56. The van der Waals surface area contributed by atoms with E-state index in [4.69, 9.17) is 9.47 Å². The highest BCUT2D eigenvalue weighted by atomic mass is 79.9. The Morgan fingerprint density at radius 3 is 2.94 bits per heavy atom. The maximum Gasteiger partial charge on any atom is 0.257 e. The molecule has 0 spiro atoms. The number of carbonyl (C=O) groups excluding carboxylic acids is 1. The fraction of sp³-hybridized carbons (Fsp3) is 0.364. The maximum atomic E-state index is 12.0. The second kappa shape index (κ2) is 4.33. The Labute approximate surface area is 102 Å². The predicted octanol–water partition coefficient (Wildman–Crippen LogP) is 1.92. The van der Waals surface area contributed by atoms with Crippen LogP contribution in [0.2, 0.25) is 0 Å². The molecule has 1 aromatic rings. The van der Waals surface area contributed by atoms with Gasteiger partial charge in [0, 0.05) is 7.05 Å². The minimum Gasteiger partial charge on any atom is -0.496 e. The summed E-state index contributed by atoms with van der Waals surface area (Å²) in [5.41, 5.74) is 0.542. The van der Waals surface area contributed by atoms with E-state index in [1.165, 1.54) is 0 Å². The number of carbonyl (C=O) groups is 1. The Hall–Kier alpha value is -1.23. The van der Waals surface area contributed by atoms with E-state index < -0.39 is 0 Å². The molecule has 0 saturated heterocycles. The lowest BCUT2D eigenvalue weighted by Crippen LogP contribution is -2.27. The largest absolute Gasteiger partial charge is 0.496 e. The smallest absolute Gasteiger partial charge is 0.257 e. The van der Waals surface area contributed by atoms with E-state index in [-0.39, 0.29) is 5.91 Å². The molecule has 1 aliphatic heterocycles. The van der Waals surface area contributed by atoms with Gasteiger partial charge in [0.1, 0.15) is 18.1 Å². The maximum absolute atomic E-state index is 12.0. The highest BCUT2D eigenvalue weighted by Crippen LogP contribution is 2.34. The Morgan fingerprint density at radius 2 is 2.25 bits per heavy atom. The molecule has 0 radical (unpaired) electrons. The van der Waals surface area contributed by atoms with Crippen LogP contribution < -0.4 is 9.47 Å². The number of halogens is 1. The third kappa shape index (κ3) is 1.87. The zero-order valence-electron chi connectivity index (χ0n) is 9.12. The summed E-state index contributed by atoms with van der Waals surface area (Å²) < 4.78 is 11.5. The number of fused-ring (bicyclic) bond motifs is 1. The van der Waals surface area contributed by atoms with Gasteiger partial charge in [0.05, 0.1) is 23.7 Å². The molecule has 1 amide bonds. The third-order valence-electron chi connectivity index (χ3n) is 2.52. The predicted molar refractivity (Wildman–Crippen MR) is 63.1 cm³/mol. The van der Waals surface area contributed by atoms with Gasteiger partial charge in [-0.1, -0.05) is 0 Å². The number of hydrogen-bond acceptors (Lipinski definition) is 3. The summed E-state index contributed by atoms with van der Waals surface area (Å²) >= 11 is 3.37. The number of benzene rings is 1. The molecule has 1 aliphatic rings. The van der Waals surface area contributed by atoms with Gasteiger partial charge in [-0.2, -0.15) is 0 Å². The average Bonchev–Trinajstić information content (AvgIpc) is 2.39. The quantitative estimate of drug-likeness (QED) is 0.791. The summed E-state index contributed by atoms with van der Waals surface area (Å²) in [5.74, 6) is 1.19. The van der Waals surface area contributed by atoms with Crippen molar-refractivity contribution in [2.75, 3.05) is 27.3 Å². The molecule has 4 nitrogen and oxygen atoms in total. The highest BCUT2D eigenvalue weighted by Gasteiger charge is 2.22. The molecule has 16 heavy (non-hydrogen) atoms. The van der Waals surface area contributed by atoms with E-state index in [2.05, 4.69) is 15.9 Å². The van der Waals surface area contributed by atoms with Gasteiger partial charge >= 0.3 is 0 Å². The topological polar surface area (TPSA) is 38.8 Å². The number of amides is 1. The lowest BCUT2D eigenvalue weighted by Gasteiger charge is -2.13. The van der Waals surface area contributed by atoms with Gasteiger partial charge in [0.25, 0.3) is 5.91 Å². The summed E-state index contributed by atoms with van der Waals surface area (Å²) in [4.78, 5) is 13.6. The molecule has 1 heterocycles. The van der Waals surface area contributed by atoms with Gasteiger partial charge in [-0.25, -0.2) is 0 Å². The van der Waals surface area contributed by atoms with Crippen molar-refractivity contribution in [2.24, 2.45) is 0 Å². The van der Waals surface area contributed by atoms with E-state index in [0.717, 1.165) is 4.47 Å². The van der Waals surface area contributed by atoms with E-state index in [1.807, 2.05) is 0 Å². The third-order valence-corrected chi connectivity index (χ3v) is 3.14. The van der Waals surface area contributed by atoms with Gasteiger partial charge in [-0.3, -0.25) is 4.79 Å². The first-order valence-corrected chi connectivity index (χ1v) is 5.68. The summed E-state index contributed by atoms with van der Waals surface area (Å²) in [6, 6.07) is 3.47.